The Morgan fingerprint density at radius 3 is 2.67 bits per heavy atom. The van der Waals surface area contributed by atoms with Gasteiger partial charge in [0.1, 0.15) is 17.3 Å². The van der Waals surface area contributed by atoms with Crippen LogP contribution in [0.2, 0.25) is 0 Å². The van der Waals surface area contributed by atoms with Gasteiger partial charge in [0.05, 0.1) is 6.54 Å². The molecule has 3 aromatic rings. The molecule has 140 valence electrons. The molecule has 1 aliphatic heterocycles. The highest BCUT2D eigenvalue weighted by atomic mass is 32.1. The second kappa shape index (κ2) is 7.73. The molecule has 1 fully saturated rings. The first-order valence-corrected chi connectivity index (χ1v) is 10.1. The number of hydrogen-bond donors (Lipinski definition) is 0. The van der Waals surface area contributed by atoms with Crippen LogP contribution in [0.25, 0.3) is 10.9 Å². The molecule has 0 aliphatic carbocycles. The van der Waals surface area contributed by atoms with E-state index in [2.05, 4.69) is 72.0 Å². The van der Waals surface area contributed by atoms with E-state index in [-0.39, 0.29) is 0 Å². The molecule has 1 saturated heterocycles. The summed E-state index contributed by atoms with van der Waals surface area (Å²) in [6.07, 6.45) is 4.68. The van der Waals surface area contributed by atoms with Crippen molar-refractivity contribution in [3.63, 3.8) is 0 Å². The molecular weight excluding hydrogens is 352 g/mol. The lowest BCUT2D eigenvalue weighted by molar-refractivity contribution is 0.298. The van der Waals surface area contributed by atoms with Crippen molar-refractivity contribution in [1.82, 2.24) is 9.47 Å². The Bertz CT molecular complexity index is 970. The first kappa shape index (κ1) is 18.1. The number of rotatable bonds is 5. The van der Waals surface area contributed by atoms with Crippen molar-refractivity contribution in [3.05, 3.63) is 65.4 Å². The van der Waals surface area contributed by atoms with E-state index in [4.69, 9.17) is 17.0 Å². The van der Waals surface area contributed by atoms with E-state index in [1.807, 2.05) is 0 Å². The van der Waals surface area contributed by atoms with Crippen LogP contribution in [0.3, 0.4) is 0 Å². The van der Waals surface area contributed by atoms with Crippen molar-refractivity contribution >= 4 is 28.1 Å². The van der Waals surface area contributed by atoms with Crippen molar-refractivity contribution < 1.29 is 4.74 Å². The monoisotopic (exact) mass is 378 g/mol. The summed E-state index contributed by atoms with van der Waals surface area (Å²) in [5.74, 6) is 0.972. The summed E-state index contributed by atoms with van der Waals surface area (Å²) in [5.41, 5.74) is 4.79. The molecular formula is C23H26N2OS. The minimum absolute atomic E-state index is 0.638. The molecule has 0 bridgehead atoms. The third-order valence-electron chi connectivity index (χ3n) is 5.35. The number of hydrogen-bond acceptors (Lipinski definition) is 2. The number of benzene rings is 2. The maximum atomic E-state index is 6.08. The molecule has 1 aromatic heterocycles. The standard InChI is InChI=1S/C23H26N2OS/c1-17-9-10-18(2)22(15-17)26-14-13-25-16-20(19-7-3-4-8-21(19)25)23(27)24-11-5-6-12-24/h3-4,7-10,15-16H,5-6,11-14H2,1-2H3. The third kappa shape index (κ3) is 3.72. The molecule has 0 N–H and O–H groups in total. The molecule has 2 heterocycles. The second-order valence-corrected chi connectivity index (χ2v) is 7.76. The highest BCUT2D eigenvalue weighted by molar-refractivity contribution is 7.80. The van der Waals surface area contributed by atoms with E-state index < -0.39 is 0 Å². The Morgan fingerprint density at radius 2 is 1.85 bits per heavy atom. The van der Waals surface area contributed by atoms with Gasteiger partial charge in [0, 0.05) is 35.8 Å². The molecule has 4 heteroatoms. The lowest BCUT2D eigenvalue weighted by Gasteiger charge is -2.17. The predicted octanol–water partition coefficient (Wildman–Crippen LogP) is 5.11. The molecule has 0 unspecified atom stereocenters. The molecule has 0 radical (unpaired) electrons. The Balaban J connectivity index is 1.55. The first-order chi connectivity index (χ1) is 13.1. The summed E-state index contributed by atoms with van der Waals surface area (Å²) in [4.78, 5) is 3.33. The molecule has 0 saturated carbocycles. The van der Waals surface area contributed by atoms with Gasteiger partial charge in [0.2, 0.25) is 0 Å². The quantitative estimate of drug-likeness (QED) is 0.575. The van der Waals surface area contributed by atoms with Crippen LogP contribution in [-0.2, 0) is 6.54 Å². The van der Waals surface area contributed by atoms with Crippen LogP contribution in [0.1, 0.15) is 29.5 Å². The van der Waals surface area contributed by atoms with Crippen molar-refractivity contribution in [2.24, 2.45) is 0 Å². The zero-order valence-corrected chi connectivity index (χ0v) is 16.9. The van der Waals surface area contributed by atoms with Crippen molar-refractivity contribution in [3.8, 4) is 5.75 Å². The van der Waals surface area contributed by atoms with Crippen LogP contribution in [0.4, 0.5) is 0 Å². The third-order valence-corrected chi connectivity index (χ3v) is 5.82. The summed E-state index contributed by atoms with van der Waals surface area (Å²) in [7, 11) is 0. The fraction of sp³-hybridized carbons (Fsp3) is 0.348. The molecule has 4 rings (SSSR count). The van der Waals surface area contributed by atoms with Gasteiger partial charge in [-0.2, -0.15) is 0 Å². The van der Waals surface area contributed by atoms with Crippen molar-refractivity contribution in [1.29, 1.82) is 0 Å². The Hall–Kier alpha value is -2.33. The fourth-order valence-electron chi connectivity index (χ4n) is 3.81. The van der Waals surface area contributed by atoms with Gasteiger partial charge in [0.15, 0.2) is 0 Å². The highest BCUT2D eigenvalue weighted by Crippen LogP contribution is 2.25. The minimum atomic E-state index is 0.638. The van der Waals surface area contributed by atoms with Crippen LogP contribution in [0, 0.1) is 13.8 Å². The molecule has 0 spiro atoms. The predicted molar refractivity (Wildman–Crippen MR) is 116 cm³/mol. The van der Waals surface area contributed by atoms with E-state index in [1.54, 1.807) is 0 Å². The maximum Gasteiger partial charge on any atom is 0.122 e. The van der Waals surface area contributed by atoms with Crippen LogP contribution < -0.4 is 4.74 Å². The molecule has 2 aromatic carbocycles. The Kier molecular flexibility index (Phi) is 5.17. The van der Waals surface area contributed by atoms with Gasteiger partial charge in [-0.1, -0.05) is 42.5 Å². The van der Waals surface area contributed by atoms with Crippen molar-refractivity contribution in [2.45, 2.75) is 33.2 Å². The van der Waals surface area contributed by atoms with Gasteiger partial charge in [-0.15, -0.1) is 0 Å². The molecule has 3 nitrogen and oxygen atoms in total. The van der Waals surface area contributed by atoms with Crippen LogP contribution in [0.15, 0.2) is 48.7 Å². The normalized spacial score (nSPS) is 14.1. The zero-order chi connectivity index (χ0) is 18.8. The molecule has 27 heavy (non-hydrogen) atoms. The van der Waals surface area contributed by atoms with Gasteiger partial charge in [0.25, 0.3) is 0 Å². The summed E-state index contributed by atoms with van der Waals surface area (Å²) < 4.78 is 8.35. The fourth-order valence-corrected chi connectivity index (χ4v) is 4.15. The van der Waals surface area contributed by atoms with Crippen LogP contribution in [0.5, 0.6) is 5.75 Å². The number of aryl methyl sites for hydroxylation is 2. The number of para-hydroxylation sites is 1. The van der Waals surface area contributed by atoms with E-state index in [0.29, 0.717) is 6.61 Å². The average Bonchev–Trinajstić information content (AvgIpc) is 3.33. The van der Waals surface area contributed by atoms with E-state index in [0.717, 1.165) is 30.4 Å². The summed E-state index contributed by atoms with van der Waals surface area (Å²) >= 11 is 5.82. The van der Waals surface area contributed by atoms with E-state index in [1.165, 1.54) is 40.4 Å². The summed E-state index contributed by atoms with van der Waals surface area (Å²) in [6, 6.07) is 14.9. The van der Waals surface area contributed by atoms with E-state index in [9.17, 15) is 0 Å². The number of thiocarbonyl (C=S) groups is 1. The second-order valence-electron chi connectivity index (χ2n) is 7.37. The smallest absolute Gasteiger partial charge is 0.122 e. The number of ether oxygens (including phenoxy) is 1. The van der Waals surface area contributed by atoms with Gasteiger partial charge >= 0.3 is 0 Å². The first-order valence-electron chi connectivity index (χ1n) is 9.71. The van der Waals surface area contributed by atoms with Crippen molar-refractivity contribution in [2.75, 3.05) is 19.7 Å². The van der Waals surface area contributed by atoms with Crippen LogP contribution >= 0.6 is 12.2 Å². The maximum absolute atomic E-state index is 6.08. The van der Waals surface area contributed by atoms with Gasteiger partial charge in [-0.25, -0.2) is 0 Å². The largest absolute Gasteiger partial charge is 0.491 e. The molecule has 0 atom stereocenters. The van der Waals surface area contributed by atoms with Gasteiger partial charge in [-0.05, 0) is 49.9 Å². The van der Waals surface area contributed by atoms with Gasteiger partial charge in [-0.3, -0.25) is 0 Å². The lowest BCUT2D eigenvalue weighted by atomic mass is 10.1. The Labute approximate surface area is 166 Å². The van der Waals surface area contributed by atoms with Gasteiger partial charge < -0.3 is 14.2 Å². The zero-order valence-electron chi connectivity index (χ0n) is 16.1. The lowest BCUT2D eigenvalue weighted by Crippen LogP contribution is -2.26. The van der Waals surface area contributed by atoms with E-state index >= 15 is 0 Å². The minimum Gasteiger partial charge on any atom is -0.491 e. The summed E-state index contributed by atoms with van der Waals surface area (Å²) in [5, 5.41) is 1.24. The van der Waals surface area contributed by atoms with Crippen LogP contribution in [-0.4, -0.2) is 34.2 Å². The summed E-state index contributed by atoms with van der Waals surface area (Å²) in [6.45, 7) is 7.78. The number of aromatic nitrogens is 1. The number of fused-ring (bicyclic) bond motifs is 1. The average molecular weight is 379 g/mol. The SMILES string of the molecule is Cc1ccc(C)c(OCCn2cc(C(=S)N3CCCC3)c3ccccc32)c1. The molecule has 1 aliphatic rings. The number of nitrogens with zero attached hydrogens (tertiary/aromatic N) is 2. The topological polar surface area (TPSA) is 17.4 Å². The number of likely N-dealkylation sites (tertiary alicyclic amines) is 1. The molecule has 0 amide bonds. The Morgan fingerprint density at radius 1 is 1.07 bits per heavy atom. The highest BCUT2D eigenvalue weighted by Gasteiger charge is 2.20.